The Morgan fingerprint density at radius 3 is 2.57 bits per heavy atom. The third kappa shape index (κ3) is 4.96. The molecule has 0 unspecified atom stereocenters. The lowest BCUT2D eigenvalue weighted by Gasteiger charge is -2.11. The molecule has 120 valence electrons. The number of aryl methyl sites for hydroxylation is 1. The van der Waals surface area contributed by atoms with Crippen molar-refractivity contribution in [1.29, 1.82) is 0 Å². The van der Waals surface area contributed by atoms with Gasteiger partial charge in [0.05, 0.1) is 19.2 Å². The van der Waals surface area contributed by atoms with Crippen molar-refractivity contribution in [3.05, 3.63) is 53.6 Å². The van der Waals surface area contributed by atoms with E-state index in [-0.39, 0.29) is 23.2 Å². The molecule has 2 aromatic rings. The average molecular weight is 330 g/mol. The van der Waals surface area contributed by atoms with Crippen LogP contribution in [0.4, 0.5) is 5.69 Å². The van der Waals surface area contributed by atoms with Crippen molar-refractivity contribution in [3.63, 3.8) is 0 Å². The second-order valence-corrected chi connectivity index (χ2v) is 5.46. The molecular weight excluding hydrogens is 312 g/mol. The normalized spacial score (nSPS) is 10.0. The van der Waals surface area contributed by atoms with Gasteiger partial charge in [-0.05, 0) is 54.5 Å². The van der Waals surface area contributed by atoms with Crippen LogP contribution >= 0.6 is 12.2 Å². The van der Waals surface area contributed by atoms with Crippen LogP contribution in [-0.2, 0) is 11.2 Å². The second-order valence-electron chi connectivity index (χ2n) is 5.05. The van der Waals surface area contributed by atoms with Crippen LogP contribution in [-0.4, -0.2) is 23.2 Å². The Bertz CT molecular complexity index is 714. The number of carbonyl (C=O) groups excluding carboxylic acids is 1. The molecule has 0 aliphatic heterocycles. The van der Waals surface area contributed by atoms with Crippen molar-refractivity contribution in [2.45, 2.75) is 13.3 Å². The Hall–Kier alpha value is -2.60. The highest BCUT2D eigenvalue weighted by Crippen LogP contribution is 2.23. The summed E-state index contributed by atoms with van der Waals surface area (Å²) >= 11 is 5.10. The average Bonchev–Trinajstić information content (AvgIpc) is 2.51. The minimum absolute atomic E-state index is 0.0716. The molecule has 23 heavy (non-hydrogen) atoms. The molecule has 3 N–H and O–H groups in total. The summed E-state index contributed by atoms with van der Waals surface area (Å²) in [6.45, 7) is 1.90. The van der Waals surface area contributed by atoms with E-state index in [1.165, 1.54) is 0 Å². The van der Waals surface area contributed by atoms with E-state index >= 15 is 0 Å². The van der Waals surface area contributed by atoms with Crippen molar-refractivity contribution in [2.75, 3.05) is 12.4 Å². The predicted octanol–water partition coefficient (Wildman–Crippen LogP) is 2.76. The number of methoxy groups -OCH3 is 1. The van der Waals surface area contributed by atoms with E-state index < -0.39 is 0 Å². The Morgan fingerprint density at radius 1 is 1.22 bits per heavy atom. The maximum Gasteiger partial charge on any atom is 0.230 e. The van der Waals surface area contributed by atoms with Crippen molar-refractivity contribution in [2.24, 2.45) is 0 Å². The Morgan fingerprint density at radius 2 is 1.91 bits per heavy atom. The lowest BCUT2D eigenvalue weighted by atomic mass is 10.1. The molecular formula is C17H18N2O3S. The molecule has 2 aromatic carbocycles. The summed E-state index contributed by atoms with van der Waals surface area (Å²) < 4.78 is 5.07. The molecule has 0 fully saturated rings. The zero-order valence-corrected chi connectivity index (χ0v) is 13.7. The lowest BCUT2D eigenvalue weighted by Crippen LogP contribution is -2.35. The van der Waals surface area contributed by atoms with Crippen molar-refractivity contribution >= 4 is 28.9 Å². The number of phenolic OH excluding ortho intramolecular Hbond substituents is 1. The number of hydrogen-bond donors (Lipinski definition) is 3. The number of hydrogen-bond acceptors (Lipinski definition) is 4. The third-order valence-corrected chi connectivity index (χ3v) is 3.38. The van der Waals surface area contributed by atoms with Crippen molar-refractivity contribution in [3.8, 4) is 11.5 Å². The molecule has 0 spiro atoms. The van der Waals surface area contributed by atoms with Crippen molar-refractivity contribution < 1.29 is 14.6 Å². The van der Waals surface area contributed by atoms with Gasteiger partial charge in [-0.2, -0.15) is 0 Å². The fourth-order valence-corrected chi connectivity index (χ4v) is 2.23. The summed E-state index contributed by atoms with van der Waals surface area (Å²) in [6, 6.07) is 12.3. The number of phenols is 1. The number of aromatic hydroxyl groups is 1. The number of nitrogens with one attached hydrogen (secondary N) is 2. The van der Waals surface area contributed by atoms with Crippen LogP contribution in [0.3, 0.4) is 0 Å². The number of benzene rings is 2. The molecule has 2 rings (SSSR count). The van der Waals surface area contributed by atoms with E-state index in [9.17, 15) is 9.90 Å². The minimum atomic E-state index is -0.236. The first kappa shape index (κ1) is 16.8. The smallest absolute Gasteiger partial charge is 0.230 e. The van der Waals surface area contributed by atoms with Gasteiger partial charge < -0.3 is 20.5 Å². The van der Waals surface area contributed by atoms with Gasteiger partial charge in [-0.1, -0.05) is 18.2 Å². The maximum atomic E-state index is 12.0. The van der Waals surface area contributed by atoms with Crippen LogP contribution in [0, 0.1) is 6.92 Å². The fraction of sp³-hybridized carbons (Fsp3) is 0.176. The summed E-state index contributed by atoms with van der Waals surface area (Å²) in [5.41, 5.74) is 2.28. The van der Waals surface area contributed by atoms with Crippen LogP contribution in [0.15, 0.2) is 42.5 Å². The summed E-state index contributed by atoms with van der Waals surface area (Å²) in [5, 5.41) is 15.3. The van der Waals surface area contributed by atoms with Crippen LogP contribution < -0.4 is 15.4 Å². The molecule has 0 atom stereocenters. The largest absolute Gasteiger partial charge is 0.506 e. The Kier molecular flexibility index (Phi) is 5.54. The van der Waals surface area contributed by atoms with Gasteiger partial charge in [-0.3, -0.25) is 4.79 Å². The van der Waals surface area contributed by atoms with E-state index in [4.69, 9.17) is 17.0 Å². The fourth-order valence-electron chi connectivity index (χ4n) is 2.00. The Balaban J connectivity index is 1.91. The minimum Gasteiger partial charge on any atom is -0.506 e. The summed E-state index contributed by atoms with van der Waals surface area (Å²) in [4.78, 5) is 12.0. The highest BCUT2D eigenvalue weighted by Gasteiger charge is 2.08. The predicted molar refractivity (Wildman–Crippen MR) is 93.9 cm³/mol. The molecule has 0 aliphatic rings. The first-order valence-corrected chi connectivity index (χ1v) is 7.42. The summed E-state index contributed by atoms with van der Waals surface area (Å²) in [6.07, 6.45) is 0.200. The van der Waals surface area contributed by atoms with Gasteiger partial charge in [0.25, 0.3) is 0 Å². The molecule has 1 amide bonds. The summed E-state index contributed by atoms with van der Waals surface area (Å²) in [7, 11) is 1.59. The van der Waals surface area contributed by atoms with Crippen molar-refractivity contribution in [1.82, 2.24) is 5.32 Å². The van der Waals surface area contributed by atoms with Gasteiger partial charge in [-0.25, -0.2) is 0 Å². The molecule has 0 aromatic heterocycles. The van der Waals surface area contributed by atoms with E-state index in [0.717, 1.165) is 16.9 Å². The van der Waals surface area contributed by atoms with Gasteiger partial charge in [-0.15, -0.1) is 0 Å². The van der Waals surface area contributed by atoms with E-state index in [1.54, 1.807) is 37.4 Å². The quantitative estimate of drug-likeness (QED) is 0.594. The zero-order chi connectivity index (χ0) is 16.8. The van der Waals surface area contributed by atoms with Crippen LogP contribution in [0.25, 0.3) is 0 Å². The maximum absolute atomic E-state index is 12.0. The van der Waals surface area contributed by atoms with Crippen LogP contribution in [0.1, 0.15) is 11.1 Å². The molecule has 0 heterocycles. The highest BCUT2D eigenvalue weighted by molar-refractivity contribution is 7.80. The Labute approximate surface area is 140 Å². The molecule has 0 saturated heterocycles. The number of thiocarbonyl (C=S) groups is 1. The first-order chi connectivity index (χ1) is 11.0. The van der Waals surface area contributed by atoms with E-state index in [0.29, 0.717) is 5.69 Å². The van der Waals surface area contributed by atoms with Crippen LogP contribution in [0.2, 0.25) is 0 Å². The van der Waals surface area contributed by atoms with E-state index in [1.807, 2.05) is 19.1 Å². The SMILES string of the molecule is COc1ccc(CC(=O)NC(=S)Nc2cc(C)ccc2O)cc1. The number of ether oxygens (including phenoxy) is 1. The molecule has 0 bridgehead atoms. The molecule has 5 nitrogen and oxygen atoms in total. The first-order valence-electron chi connectivity index (χ1n) is 7.01. The number of carbonyl (C=O) groups is 1. The topological polar surface area (TPSA) is 70.6 Å². The van der Waals surface area contributed by atoms with Gasteiger partial charge in [0, 0.05) is 0 Å². The molecule has 6 heteroatoms. The zero-order valence-electron chi connectivity index (χ0n) is 12.9. The van der Waals surface area contributed by atoms with Gasteiger partial charge in [0.2, 0.25) is 5.91 Å². The number of anilines is 1. The summed E-state index contributed by atoms with van der Waals surface area (Å²) in [5.74, 6) is 0.573. The van der Waals surface area contributed by atoms with Gasteiger partial charge in [0.1, 0.15) is 11.5 Å². The number of rotatable bonds is 4. The monoisotopic (exact) mass is 330 g/mol. The van der Waals surface area contributed by atoms with Crippen LogP contribution in [0.5, 0.6) is 11.5 Å². The standard InChI is InChI=1S/C17H18N2O3S/c1-11-3-8-15(20)14(9-11)18-17(23)19-16(21)10-12-4-6-13(22-2)7-5-12/h3-9,20H,10H2,1-2H3,(H2,18,19,21,23). The second kappa shape index (κ2) is 7.60. The molecule has 0 saturated carbocycles. The third-order valence-electron chi connectivity index (χ3n) is 3.18. The number of amides is 1. The highest BCUT2D eigenvalue weighted by atomic mass is 32.1. The van der Waals surface area contributed by atoms with Gasteiger partial charge in [0.15, 0.2) is 5.11 Å². The molecule has 0 aliphatic carbocycles. The lowest BCUT2D eigenvalue weighted by molar-refractivity contribution is -0.119. The molecule has 0 radical (unpaired) electrons. The van der Waals surface area contributed by atoms with Gasteiger partial charge >= 0.3 is 0 Å². The van der Waals surface area contributed by atoms with E-state index in [2.05, 4.69) is 10.6 Å².